The number of carbonyl (C=O) groups is 1. The number of carbonyl (C=O) groups excluding carboxylic acids is 1. The minimum Gasteiger partial charge on any atom is -0.434 e. The van der Waals surface area contributed by atoms with Crippen molar-refractivity contribution in [2.24, 2.45) is 0 Å². The number of halogens is 5. The van der Waals surface area contributed by atoms with Gasteiger partial charge in [0.25, 0.3) is 12.3 Å². The first kappa shape index (κ1) is 21.5. The molecule has 29 heavy (non-hydrogen) atoms. The number of amides is 1. The molecule has 1 fully saturated rings. The Bertz CT molecular complexity index is 901. The fourth-order valence-electron chi connectivity index (χ4n) is 2.81. The Kier molecular flexibility index (Phi) is 6.16. The Hall–Kier alpha value is -2.16. The highest BCUT2D eigenvalue weighted by atomic mass is 35.5. The van der Waals surface area contributed by atoms with Gasteiger partial charge in [-0.3, -0.25) is 9.48 Å². The van der Waals surface area contributed by atoms with Crippen LogP contribution >= 0.6 is 11.6 Å². The third-order valence-electron chi connectivity index (χ3n) is 4.19. The van der Waals surface area contributed by atoms with Crippen LogP contribution in [0, 0.1) is 0 Å². The van der Waals surface area contributed by atoms with Crippen molar-refractivity contribution >= 4 is 38.9 Å². The van der Waals surface area contributed by atoms with Gasteiger partial charge >= 0.3 is 6.61 Å². The number of alkyl halides is 5. The number of ether oxygens (including phenoxy) is 1. The summed E-state index contributed by atoms with van der Waals surface area (Å²) in [6.07, 6.45) is 0.224. The molecule has 1 saturated carbocycles. The first-order chi connectivity index (χ1) is 13.5. The molecule has 0 spiro atoms. The molecule has 5 nitrogen and oxygen atoms in total. The van der Waals surface area contributed by atoms with E-state index in [9.17, 15) is 22.4 Å². The molecule has 0 unspecified atom stereocenters. The van der Waals surface area contributed by atoms with Crippen LogP contribution in [0.4, 0.5) is 23.2 Å². The van der Waals surface area contributed by atoms with Crippen molar-refractivity contribution in [2.75, 3.05) is 5.32 Å². The first-order valence-electron chi connectivity index (χ1n) is 8.57. The van der Waals surface area contributed by atoms with E-state index in [4.69, 9.17) is 27.3 Å². The minimum atomic E-state index is -3.17. The second-order valence-corrected chi connectivity index (χ2v) is 7.25. The average molecular weight is 425 g/mol. The molecule has 0 bridgehead atoms. The van der Waals surface area contributed by atoms with Gasteiger partial charge in [0.05, 0.1) is 26.9 Å². The van der Waals surface area contributed by atoms with Crippen molar-refractivity contribution in [3.8, 4) is 5.75 Å². The lowest BCUT2D eigenvalue weighted by molar-refractivity contribution is -0.0503. The fourth-order valence-corrected chi connectivity index (χ4v) is 2.97. The summed E-state index contributed by atoms with van der Waals surface area (Å²) in [7, 11) is 11.1. The van der Waals surface area contributed by atoms with E-state index in [1.54, 1.807) is 0 Å². The van der Waals surface area contributed by atoms with E-state index < -0.39 is 35.9 Å². The van der Waals surface area contributed by atoms with Gasteiger partial charge < -0.3 is 10.1 Å². The molecular formula is C17H14B2ClF4N3O2. The quantitative estimate of drug-likeness (QED) is 0.400. The summed E-state index contributed by atoms with van der Waals surface area (Å²) in [4.78, 5) is 12.7. The minimum absolute atomic E-state index is 0.0288. The monoisotopic (exact) mass is 425 g/mol. The zero-order chi connectivity index (χ0) is 21.3. The number of rotatable bonds is 8. The molecular weight excluding hydrogens is 411 g/mol. The van der Waals surface area contributed by atoms with Gasteiger partial charge in [-0.05, 0) is 29.1 Å². The van der Waals surface area contributed by atoms with Gasteiger partial charge in [-0.15, -0.1) is 11.6 Å². The Morgan fingerprint density at radius 2 is 2.03 bits per heavy atom. The molecule has 1 amide bonds. The van der Waals surface area contributed by atoms with Crippen LogP contribution in [0.5, 0.6) is 5.75 Å². The lowest BCUT2D eigenvalue weighted by Crippen LogP contribution is -2.21. The summed E-state index contributed by atoms with van der Waals surface area (Å²) in [5.41, 5.74) is 0.546. The fraction of sp³-hybridized carbons (Fsp3) is 0.412. The second kappa shape index (κ2) is 8.30. The second-order valence-electron chi connectivity index (χ2n) is 6.63. The molecule has 1 heterocycles. The van der Waals surface area contributed by atoms with E-state index in [0.29, 0.717) is 5.69 Å². The molecule has 150 valence electrons. The number of aromatic nitrogens is 2. The topological polar surface area (TPSA) is 56.2 Å². The number of nitrogens with one attached hydrogen (secondary N) is 1. The summed E-state index contributed by atoms with van der Waals surface area (Å²) in [6.45, 7) is -3.81. The largest absolute Gasteiger partial charge is 0.434 e. The van der Waals surface area contributed by atoms with Crippen LogP contribution in [0.25, 0.3) is 0 Å². The first-order valence-corrected chi connectivity index (χ1v) is 8.95. The molecule has 0 saturated heterocycles. The highest BCUT2D eigenvalue weighted by Gasteiger charge is 2.32. The number of hydrogen-bond donors (Lipinski definition) is 1. The van der Waals surface area contributed by atoms with Gasteiger partial charge in [-0.2, -0.15) is 13.9 Å². The maximum atomic E-state index is 12.7. The molecule has 2 aromatic rings. The molecule has 0 atom stereocenters. The van der Waals surface area contributed by atoms with Crippen molar-refractivity contribution < 1.29 is 27.1 Å². The van der Waals surface area contributed by atoms with Gasteiger partial charge in [0.1, 0.15) is 12.3 Å². The molecule has 1 aliphatic carbocycles. The van der Waals surface area contributed by atoms with Gasteiger partial charge in [0.2, 0.25) is 0 Å². The predicted octanol–water partition coefficient (Wildman–Crippen LogP) is 3.57. The molecule has 4 radical (unpaired) electrons. The molecule has 1 aromatic carbocycles. The Balaban J connectivity index is 1.86. The van der Waals surface area contributed by atoms with Crippen molar-refractivity contribution in [1.29, 1.82) is 0 Å². The number of nitrogens with zero attached hydrogens (tertiary/aromatic N) is 2. The van der Waals surface area contributed by atoms with Gasteiger partial charge in [-0.25, -0.2) is 8.78 Å². The maximum Gasteiger partial charge on any atom is 0.387 e. The SMILES string of the molecule is [B]C([B])(Cl)c1ccc(NC(=O)c2cn(CC(F)F)nc2C2CC2)cc1OC(F)F. The number of anilines is 1. The van der Waals surface area contributed by atoms with Crippen LogP contribution in [0.2, 0.25) is 0 Å². The highest BCUT2D eigenvalue weighted by molar-refractivity contribution is 6.61. The third-order valence-corrected chi connectivity index (χ3v) is 4.40. The van der Waals surface area contributed by atoms with Crippen LogP contribution in [-0.2, 0) is 11.2 Å². The normalized spacial score (nSPS) is 14.4. The van der Waals surface area contributed by atoms with E-state index in [-0.39, 0.29) is 22.7 Å². The smallest absolute Gasteiger partial charge is 0.387 e. The average Bonchev–Trinajstić information content (AvgIpc) is 3.33. The van der Waals surface area contributed by atoms with Crippen LogP contribution < -0.4 is 10.1 Å². The van der Waals surface area contributed by atoms with Crippen LogP contribution in [0.1, 0.15) is 40.4 Å². The van der Waals surface area contributed by atoms with Crippen molar-refractivity contribution in [3.05, 3.63) is 41.2 Å². The summed E-state index contributed by atoms with van der Waals surface area (Å²) >= 11 is 5.78. The van der Waals surface area contributed by atoms with Crippen molar-refractivity contribution in [1.82, 2.24) is 9.78 Å². The summed E-state index contributed by atoms with van der Waals surface area (Å²) in [5.74, 6) is -1.00. The molecule has 1 aliphatic rings. The Labute approximate surface area is 171 Å². The summed E-state index contributed by atoms with van der Waals surface area (Å²) < 4.78 is 54.1. The predicted molar refractivity (Wildman–Crippen MR) is 100 cm³/mol. The molecule has 0 aliphatic heterocycles. The molecule has 12 heteroatoms. The van der Waals surface area contributed by atoms with Crippen molar-refractivity contribution in [3.63, 3.8) is 0 Å². The lowest BCUT2D eigenvalue weighted by atomic mass is 9.65. The highest BCUT2D eigenvalue weighted by Crippen LogP contribution is 2.41. The molecule has 1 aromatic heterocycles. The maximum absolute atomic E-state index is 12.7. The molecule has 1 N–H and O–H groups in total. The Morgan fingerprint density at radius 3 is 2.59 bits per heavy atom. The van der Waals surface area contributed by atoms with Crippen LogP contribution in [0.3, 0.4) is 0 Å². The van der Waals surface area contributed by atoms with Crippen LogP contribution in [0.15, 0.2) is 24.4 Å². The standard InChI is InChI=1S/C17H14B2ClF4N3O2/c18-17(19,20)11-4-3-9(5-12(11)29-16(23)24)25-15(28)10-6-27(7-13(21)22)26-14(10)8-1-2-8/h3-6,8,13,16H,1-2,7H2,(H,25,28). The van der Waals surface area contributed by atoms with E-state index in [1.165, 1.54) is 18.3 Å². The van der Waals surface area contributed by atoms with E-state index in [1.807, 2.05) is 0 Å². The molecule has 3 rings (SSSR count). The summed E-state index contributed by atoms with van der Waals surface area (Å²) in [6, 6.07) is 3.68. The zero-order valence-corrected chi connectivity index (χ0v) is 15.7. The van der Waals surface area contributed by atoms with Crippen LogP contribution in [-0.4, -0.2) is 44.4 Å². The Morgan fingerprint density at radius 1 is 1.34 bits per heavy atom. The number of hydrogen-bond acceptors (Lipinski definition) is 3. The number of benzene rings is 1. The van der Waals surface area contributed by atoms with E-state index in [2.05, 4.69) is 15.2 Å². The van der Waals surface area contributed by atoms with Gasteiger partial charge in [0, 0.05) is 23.9 Å². The lowest BCUT2D eigenvalue weighted by Gasteiger charge is -2.22. The third kappa shape index (κ3) is 5.46. The van der Waals surface area contributed by atoms with E-state index in [0.717, 1.165) is 23.6 Å². The van der Waals surface area contributed by atoms with Gasteiger partial charge in [0.15, 0.2) is 0 Å². The zero-order valence-electron chi connectivity index (χ0n) is 14.9. The summed E-state index contributed by atoms with van der Waals surface area (Å²) in [5, 5.41) is 6.59. The van der Waals surface area contributed by atoms with Gasteiger partial charge in [-0.1, -0.05) is 6.07 Å². The van der Waals surface area contributed by atoms with Crippen molar-refractivity contribution in [2.45, 2.75) is 43.0 Å². The van der Waals surface area contributed by atoms with E-state index >= 15 is 0 Å².